The van der Waals surface area contributed by atoms with Crippen molar-refractivity contribution >= 4 is 28.2 Å². The summed E-state index contributed by atoms with van der Waals surface area (Å²) < 4.78 is 34.4. The molecule has 1 fully saturated rings. The van der Waals surface area contributed by atoms with E-state index in [1.807, 2.05) is 18.2 Å². The molecule has 7 nitrogen and oxygen atoms in total. The Hall–Kier alpha value is -3.17. The molecule has 2 aromatic carbocycles. The van der Waals surface area contributed by atoms with Crippen LogP contribution in [0.1, 0.15) is 44.9 Å². The molecule has 0 unspecified atom stereocenters. The summed E-state index contributed by atoms with van der Waals surface area (Å²) in [6, 6.07) is 12.4. The number of nitrogens with zero attached hydrogens (tertiary/aromatic N) is 4. The molecule has 0 aliphatic carbocycles. The van der Waals surface area contributed by atoms with Crippen LogP contribution in [0.15, 0.2) is 53.7 Å². The molecule has 4 rings (SSSR count). The van der Waals surface area contributed by atoms with Crippen LogP contribution in [0, 0.1) is 0 Å². The van der Waals surface area contributed by atoms with Crippen molar-refractivity contribution in [2.24, 2.45) is 4.99 Å². The van der Waals surface area contributed by atoms with Crippen LogP contribution in [0.25, 0.3) is 10.9 Å². The van der Waals surface area contributed by atoms with E-state index >= 15 is 0 Å². The minimum absolute atomic E-state index is 0.190. The van der Waals surface area contributed by atoms with Gasteiger partial charge in [0.15, 0.2) is 0 Å². The lowest BCUT2D eigenvalue weighted by atomic mass is 9.94. The van der Waals surface area contributed by atoms with E-state index in [9.17, 15) is 18.7 Å². The van der Waals surface area contributed by atoms with Crippen LogP contribution in [0.2, 0.25) is 0 Å². The highest BCUT2D eigenvalue weighted by atomic mass is 19.3. The summed E-state index contributed by atoms with van der Waals surface area (Å²) in [7, 11) is 0. The van der Waals surface area contributed by atoms with E-state index in [4.69, 9.17) is 4.74 Å². The Morgan fingerprint density at radius 2 is 1.77 bits per heavy atom. The van der Waals surface area contributed by atoms with Gasteiger partial charge < -0.3 is 14.7 Å². The smallest absolute Gasteiger partial charge is 0.324 e. The highest BCUT2D eigenvalue weighted by Gasteiger charge is 2.33. The van der Waals surface area contributed by atoms with Gasteiger partial charge in [-0.3, -0.25) is 9.48 Å². The van der Waals surface area contributed by atoms with E-state index in [1.165, 1.54) is 0 Å². The Morgan fingerprint density at radius 3 is 2.37 bits per heavy atom. The number of benzene rings is 2. The average molecular weight is 485 g/mol. The molecule has 35 heavy (non-hydrogen) atoms. The molecule has 0 radical (unpaired) electrons. The lowest BCUT2D eigenvalue weighted by molar-refractivity contribution is -0.139. The summed E-state index contributed by atoms with van der Waals surface area (Å²) in [5, 5.41) is 15.8. The Bertz CT molecular complexity index is 1230. The lowest BCUT2D eigenvalue weighted by Crippen LogP contribution is -2.36. The van der Waals surface area contributed by atoms with Gasteiger partial charge in [0.2, 0.25) is 0 Å². The maximum absolute atomic E-state index is 13.6. The number of aromatic nitrogens is 2. The summed E-state index contributed by atoms with van der Waals surface area (Å²) in [5.74, 6) is -5.07. The van der Waals surface area contributed by atoms with Gasteiger partial charge in [0, 0.05) is 36.8 Å². The third kappa shape index (κ3) is 5.41. The SMILES string of the molecule is CC(=NC(=O)C(C)(F)F)[C@H](c1ccc(C(C)(C)O)cc1)n1ncc2cc(N3CCOCC3)ccc21. The van der Waals surface area contributed by atoms with Crippen LogP contribution in [-0.2, 0) is 15.1 Å². The standard InChI is InChI=1S/C26H30F2N4O3/c1-17(30-24(33)26(4,27)28)23(18-5-7-20(8-6-18)25(2,3)34)32-22-10-9-21(15-19(22)16-29-32)31-11-13-35-14-12-31/h5-10,15-16,23,34H,11-14H2,1-4H3/t23-/m1/s1. The van der Waals surface area contributed by atoms with Gasteiger partial charge in [-0.05, 0) is 50.1 Å². The van der Waals surface area contributed by atoms with Gasteiger partial charge in [0.05, 0.1) is 30.5 Å². The van der Waals surface area contributed by atoms with E-state index in [1.54, 1.807) is 55.9 Å². The highest BCUT2D eigenvalue weighted by molar-refractivity contribution is 6.01. The van der Waals surface area contributed by atoms with Gasteiger partial charge in [-0.1, -0.05) is 24.3 Å². The van der Waals surface area contributed by atoms with Gasteiger partial charge in [-0.15, -0.1) is 0 Å². The van der Waals surface area contributed by atoms with E-state index in [2.05, 4.69) is 15.0 Å². The first kappa shape index (κ1) is 24.9. The van der Waals surface area contributed by atoms with Crippen molar-refractivity contribution in [1.82, 2.24) is 9.78 Å². The summed E-state index contributed by atoms with van der Waals surface area (Å²) in [6.07, 6.45) is 1.72. The number of alkyl halides is 2. The normalized spacial score (nSPS) is 16.5. The summed E-state index contributed by atoms with van der Waals surface area (Å²) in [4.78, 5) is 18.0. The molecular weight excluding hydrogens is 454 g/mol. The molecule has 1 aliphatic rings. The topological polar surface area (TPSA) is 79.9 Å². The number of halogens is 2. The van der Waals surface area contributed by atoms with E-state index in [0.29, 0.717) is 31.3 Å². The van der Waals surface area contributed by atoms with Crippen molar-refractivity contribution in [2.75, 3.05) is 31.2 Å². The predicted molar refractivity (Wildman–Crippen MR) is 131 cm³/mol. The molecule has 0 saturated carbocycles. The molecule has 2 heterocycles. The van der Waals surface area contributed by atoms with Crippen molar-refractivity contribution in [1.29, 1.82) is 0 Å². The second-order valence-corrected chi connectivity index (χ2v) is 9.46. The maximum atomic E-state index is 13.6. The second kappa shape index (κ2) is 9.47. The first-order valence-corrected chi connectivity index (χ1v) is 11.6. The van der Waals surface area contributed by atoms with Crippen LogP contribution in [0.4, 0.5) is 14.5 Å². The van der Waals surface area contributed by atoms with Crippen LogP contribution in [-0.4, -0.2) is 58.7 Å². The molecule has 186 valence electrons. The molecule has 1 N–H and O–H groups in total. The highest BCUT2D eigenvalue weighted by Crippen LogP contribution is 2.30. The fraction of sp³-hybridized carbons (Fsp3) is 0.423. The summed E-state index contributed by atoms with van der Waals surface area (Å²) in [5.41, 5.74) is 2.39. The lowest BCUT2D eigenvalue weighted by Gasteiger charge is -2.29. The van der Waals surface area contributed by atoms with Crippen molar-refractivity contribution in [2.45, 2.75) is 45.3 Å². The number of carbonyl (C=O) groups excluding carboxylic acids is 1. The fourth-order valence-corrected chi connectivity index (χ4v) is 4.22. The van der Waals surface area contributed by atoms with E-state index in [0.717, 1.165) is 29.7 Å². The zero-order valence-corrected chi connectivity index (χ0v) is 20.3. The van der Waals surface area contributed by atoms with Crippen LogP contribution < -0.4 is 4.90 Å². The van der Waals surface area contributed by atoms with Gasteiger partial charge in [0.25, 0.3) is 0 Å². The molecule has 1 aromatic heterocycles. The number of hydrogen-bond donors (Lipinski definition) is 1. The minimum atomic E-state index is -3.57. The molecular formula is C26H30F2N4O3. The van der Waals surface area contributed by atoms with Gasteiger partial charge in [-0.25, -0.2) is 4.99 Å². The van der Waals surface area contributed by atoms with Crippen LogP contribution in [0.3, 0.4) is 0 Å². The van der Waals surface area contributed by atoms with E-state index in [-0.39, 0.29) is 5.71 Å². The molecule has 1 saturated heterocycles. The minimum Gasteiger partial charge on any atom is -0.386 e. The van der Waals surface area contributed by atoms with Crippen molar-refractivity contribution in [3.8, 4) is 0 Å². The largest absolute Gasteiger partial charge is 0.386 e. The number of aliphatic imine (C=N–C) groups is 1. The number of morpholine rings is 1. The monoisotopic (exact) mass is 484 g/mol. The van der Waals surface area contributed by atoms with Gasteiger partial charge >= 0.3 is 11.8 Å². The number of rotatable bonds is 6. The predicted octanol–water partition coefficient (Wildman–Crippen LogP) is 4.33. The number of aliphatic hydroxyl groups is 1. The quantitative estimate of drug-likeness (QED) is 0.527. The zero-order valence-electron chi connectivity index (χ0n) is 20.3. The first-order chi connectivity index (χ1) is 16.4. The van der Waals surface area contributed by atoms with Crippen molar-refractivity contribution in [3.63, 3.8) is 0 Å². The number of anilines is 1. The van der Waals surface area contributed by atoms with Crippen molar-refractivity contribution < 1.29 is 23.4 Å². The maximum Gasteiger partial charge on any atom is 0.324 e. The molecule has 1 aliphatic heterocycles. The Morgan fingerprint density at radius 1 is 1.11 bits per heavy atom. The zero-order chi connectivity index (χ0) is 25.4. The number of amides is 1. The Balaban J connectivity index is 1.78. The molecule has 9 heteroatoms. The fourth-order valence-electron chi connectivity index (χ4n) is 4.22. The Labute approximate surface area is 203 Å². The molecule has 1 amide bonds. The van der Waals surface area contributed by atoms with Gasteiger partial charge in [-0.2, -0.15) is 13.9 Å². The third-order valence-corrected chi connectivity index (χ3v) is 6.18. The molecule has 0 spiro atoms. The van der Waals surface area contributed by atoms with Gasteiger partial charge in [0.1, 0.15) is 6.04 Å². The van der Waals surface area contributed by atoms with Crippen LogP contribution >= 0.6 is 0 Å². The summed E-state index contributed by atoms with van der Waals surface area (Å²) in [6.45, 7) is 8.40. The molecule has 1 atom stereocenters. The Kier molecular flexibility index (Phi) is 6.75. The number of carbonyl (C=O) groups is 1. The number of ether oxygens (including phenoxy) is 1. The van der Waals surface area contributed by atoms with Crippen molar-refractivity contribution in [3.05, 3.63) is 59.8 Å². The molecule has 0 bridgehead atoms. The molecule has 3 aromatic rings. The number of fused-ring (bicyclic) bond motifs is 1. The van der Waals surface area contributed by atoms with Crippen LogP contribution in [0.5, 0.6) is 0 Å². The first-order valence-electron chi connectivity index (χ1n) is 11.6. The third-order valence-electron chi connectivity index (χ3n) is 6.18. The van der Waals surface area contributed by atoms with E-state index < -0.39 is 23.5 Å². The average Bonchev–Trinajstić information content (AvgIpc) is 3.22. The second-order valence-electron chi connectivity index (χ2n) is 9.46. The number of hydrogen-bond acceptors (Lipinski definition) is 5. The summed E-state index contributed by atoms with van der Waals surface area (Å²) >= 11 is 0.